The third-order valence-electron chi connectivity index (χ3n) is 3.54. The Morgan fingerprint density at radius 3 is 3.22 bits per heavy atom. The van der Waals surface area contributed by atoms with E-state index in [1.807, 2.05) is 6.92 Å². The monoisotopic (exact) mass is 250 g/mol. The Morgan fingerprint density at radius 2 is 2.39 bits per heavy atom. The van der Waals surface area contributed by atoms with Crippen molar-refractivity contribution in [3.63, 3.8) is 0 Å². The van der Waals surface area contributed by atoms with Gasteiger partial charge in [0.1, 0.15) is 0 Å². The summed E-state index contributed by atoms with van der Waals surface area (Å²) in [5.41, 5.74) is 3.58. The molecule has 1 amide bonds. The molecular weight excluding hydrogens is 232 g/mol. The Labute approximate surface area is 106 Å². The zero-order valence-electron chi connectivity index (χ0n) is 10.6. The highest BCUT2D eigenvalue weighted by atomic mass is 16.6. The molecule has 0 aromatic carbocycles. The Morgan fingerprint density at radius 1 is 1.50 bits per heavy atom. The number of nitrogens with zero attached hydrogens (tertiary/aromatic N) is 3. The van der Waals surface area contributed by atoms with E-state index in [1.165, 1.54) is 11.3 Å². The van der Waals surface area contributed by atoms with Crippen molar-refractivity contribution in [2.75, 3.05) is 19.7 Å². The van der Waals surface area contributed by atoms with Crippen LogP contribution in [0.15, 0.2) is 0 Å². The van der Waals surface area contributed by atoms with Crippen LogP contribution in [-0.4, -0.2) is 40.5 Å². The lowest BCUT2D eigenvalue weighted by atomic mass is 10.1. The summed E-state index contributed by atoms with van der Waals surface area (Å²) in [6.45, 7) is 6.33. The van der Waals surface area contributed by atoms with Gasteiger partial charge in [0, 0.05) is 31.6 Å². The standard InChI is InChI=1S/C12H18N4O2/c1-2-18-12(17)15-5-3-10-9(8-15)11-7-13-4-6-16(11)14-10/h13H,2-8H2,1H3. The minimum atomic E-state index is -0.216. The molecule has 0 fully saturated rings. The molecule has 2 aliphatic rings. The Balaban J connectivity index is 1.83. The highest BCUT2D eigenvalue weighted by molar-refractivity contribution is 5.68. The van der Waals surface area contributed by atoms with E-state index in [0.717, 1.165) is 31.7 Å². The number of hydrogen-bond acceptors (Lipinski definition) is 4. The number of hydrogen-bond donors (Lipinski definition) is 1. The second kappa shape index (κ2) is 4.61. The highest BCUT2D eigenvalue weighted by Crippen LogP contribution is 2.23. The van der Waals surface area contributed by atoms with E-state index >= 15 is 0 Å². The van der Waals surface area contributed by atoms with Crippen LogP contribution in [0.4, 0.5) is 4.79 Å². The Hall–Kier alpha value is -1.56. The van der Waals surface area contributed by atoms with Crippen molar-refractivity contribution in [2.45, 2.75) is 33.0 Å². The van der Waals surface area contributed by atoms with E-state index in [1.54, 1.807) is 4.90 Å². The molecule has 18 heavy (non-hydrogen) atoms. The van der Waals surface area contributed by atoms with Crippen LogP contribution in [0.25, 0.3) is 0 Å². The van der Waals surface area contributed by atoms with Gasteiger partial charge in [0.15, 0.2) is 0 Å². The summed E-state index contributed by atoms with van der Waals surface area (Å²) in [6.07, 6.45) is 0.612. The molecule has 0 radical (unpaired) electrons. The molecule has 1 aromatic heterocycles. The fraction of sp³-hybridized carbons (Fsp3) is 0.667. The molecule has 98 valence electrons. The van der Waals surface area contributed by atoms with Crippen LogP contribution < -0.4 is 5.32 Å². The van der Waals surface area contributed by atoms with Crippen LogP contribution in [0, 0.1) is 0 Å². The average Bonchev–Trinajstić information content (AvgIpc) is 2.76. The summed E-state index contributed by atoms with van der Waals surface area (Å²) in [5, 5.41) is 7.98. The molecule has 6 heteroatoms. The molecule has 0 spiro atoms. The number of ether oxygens (including phenoxy) is 1. The fourth-order valence-electron chi connectivity index (χ4n) is 2.63. The van der Waals surface area contributed by atoms with Gasteiger partial charge in [-0.2, -0.15) is 5.10 Å². The quantitative estimate of drug-likeness (QED) is 0.788. The van der Waals surface area contributed by atoms with E-state index in [2.05, 4.69) is 15.1 Å². The van der Waals surface area contributed by atoms with Crippen LogP contribution in [0.2, 0.25) is 0 Å². The van der Waals surface area contributed by atoms with Crippen molar-refractivity contribution >= 4 is 6.09 Å². The molecule has 0 aliphatic carbocycles. The molecule has 0 atom stereocenters. The molecule has 2 aliphatic heterocycles. The van der Waals surface area contributed by atoms with Crippen molar-refractivity contribution in [2.24, 2.45) is 0 Å². The molecule has 1 N–H and O–H groups in total. The van der Waals surface area contributed by atoms with Gasteiger partial charge in [-0.3, -0.25) is 4.68 Å². The molecule has 3 heterocycles. The van der Waals surface area contributed by atoms with Gasteiger partial charge in [0.25, 0.3) is 0 Å². The van der Waals surface area contributed by atoms with Crippen molar-refractivity contribution in [3.8, 4) is 0 Å². The summed E-state index contributed by atoms with van der Waals surface area (Å²) in [7, 11) is 0. The van der Waals surface area contributed by atoms with Crippen LogP contribution >= 0.6 is 0 Å². The summed E-state index contributed by atoms with van der Waals surface area (Å²) in [6, 6.07) is 0. The molecule has 6 nitrogen and oxygen atoms in total. The van der Waals surface area contributed by atoms with E-state index in [4.69, 9.17) is 4.74 Å². The summed E-state index contributed by atoms with van der Waals surface area (Å²) in [5.74, 6) is 0. The highest BCUT2D eigenvalue weighted by Gasteiger charge is 2.28. The zero-order chi connectivity index (χ0) is 12.5. The van der Waals surface area contributed by atoms with Gasteiger partial charge in [-0.1, -0.05) is 0 Å². The first-order valence-corrected chi connectivity index (χ1v) is 6.49. The van der Waals surface area contributed by atoms with Crippen LogP contribution in [0.1, 0.15) is 23.9 Å². The van der Waals surface area contributed by atoms with Gasteiger partial charge in [0.05, 0.1) is 31.1 Å². The Kier molecular flexibility index (Phi) is 2.95. The molecule has 0 unspecified atom stereocenters. The first-order chi connectivity index (χ1) is 8.79. The van der Waals surface area contributed by atoms with Crippen molar-refractivity contribution in [1.82, 2.24) is 20.0 Å². The third-order valence-corrected chi connectivity index (χ3v) is 3.54. The minimum absolute atomic E-state index is 0.216. The predicted octanol–water partition coefficient (Wildman–Crippen LogP) is 0.501. The number of carbonyl (C=O) groups is 1. The zero-order valence-corrected chi connectivity index (χ0v) is 10.6. The number of fused-ring (bicyclic) bond motifs is 3. The second-order valence-electron chi connectivity index (χ2n) is 4.64. The lowest BCUT2D eigenvalue weighted by Gasteiger charge is -2.26. The van der Waals surface area contributed by atoms with Crippen LogP contribution in [0.5, 0.6) is 0 Å². The van der Waals surface area contributed by atoms with E-state index < -0.39 is 0 Å². The smallest absolute Gasteiger partial charge is 0.410 e. The summed E-state index contributed by atoms with van der Waals surface area (Å²) in [4.78, 5) is 13.5. The minimum Gasteiger partial charge on any atom is -0.450 e. The molecule has 0 saturated heterocycles. The lowest BCUT2D eigenvalue weighted by Crippen LogP contribution is -2.37. The Bertz CT molecular complexity index is 469. The number of aromatic nitrogens is 2. The number of carbonyl (C=O) groups excluding carboxylic acids is 1. The van der Waals surface area contributed by atoms with Gasteiger partial charge < -0.3 is 15.0 Å². The van der Waals surface area contributed by atoms with Crippen molar-refractivity contribution < 1.29 is 9.53 Å². The van der Waals surface area contributed by atoms with Crippen molar-refractivity contribution in [1.29, 1.82) is 0 Å². The van der Waals surface area contributed by atoms with Crippen LogP contribution in [0.3, 0.4) is 0 Å². The topological polar surface area (TPSA) is 59.4 Å². The van der Waals surface area contributed by atoms with Gasteiger partial charge in [-0.05, 0) is 6.92 Å². The number of rotatable bonds is 1. The van der Waals surface area contributed by atoms with Crippen molar-refractivity contribution in [3.05, 3.63) is 17.0 Å². The predicted molar refractivity (Wildman–Crippen MR) is 65.1 cm³/mol. The summed E-state index contributed by atoms with van der Waals surface area (Å²) >= 11 is 0. The summed E-state index contributed by atoms with van der Waals surface area (Å²) < 4.78 is 7.14. The first kappa shape index (κ1) is 11.5. The maximum absolute atomic E-state index is 11.8. The lowest BCUT2D eigenvalue weighted by molar-refractivity contribution is 0.102. The molecule has 1 aromatic rings. The maximum atomic E-state index is 11.8. The SMILES string of the molecule is CCOC(=O)N1CCc2nn3c(c2C1)CNCC3. The van der Waals surface area contributed by atoms with E-state index in [0.29, 0.717) is 19.7 Å². The number of nitrogens with one attached hydrogen (secondary N) is 1. The maximum Gasteiger partial charge on any atom is 0.410 e. The molecule has 0 bridgehead atoms. The second-order valence-corrected chi connectivity index (χ2v) is 4.64. The normalized spacial score (nSPS) is 18.2. The third kappa shape index (κ3) is 1.86. The largest absolute Gasteiger partial charge is 0.450 e. The van der Waals surface area contributed by atoms with Gasteiger partial charge in [-0.25, -0.2) is 4.79 Å². The van der Waals surface area contributed by atoms with Gasteiger partial charge in [0.2, 0.25) is 0 Å². The molecular formula is C12H18N4O2. The van der Waals surface area contributed by atoms with E-state index in [9.17, 15) is 4.79 Å². The van der Waals surface area contributed by atoms with Gasteiger partial charge >= 0.3 is 6.09 Å². The number of amides is 1. The first-order valence-electron chi connectivity index (χ1n) is 6.49. The van der Waals surface area contributed by atoms with Crippen LogP contribution in [-0.2, 0) is 30.8 Å². The molecule has 0 saturated carbocycles. The fourth-order valence-corrected chi connectivity index (χ4v) is 2.63. The average molecular weight is 250 g/mol. The van der Waals surface area contributed by atoms with E-state index in [-0.39, 0.29) is 6.09 Å². The van der Waals surface area contributed by atoms with Gasteiger partial charge in [-0.15, -0.1) is 0 Å². The molecule has 3 rings (SSSR count).